The third-order valence-electron chi connectivity index (χ3n) is 3.80. The highest BCUT2D eigenvalue weighted by Gasteiger charge is 2.43. The van der Waals surface area contributed by atoms with Gasteiger partial charge in [0.15, 0.2) is 0 Å². The van der Waals surface area contributed by atoms with Crippen molar-refractivity contribution >= 4 is 17.7 Å². The van der Waals surface area contributed by atoms with Gasteiger partial charge in [0.2, 0.25) is 0 Å². The first-order valence-electron chi connectivity index (χ1n) is 6.10. The van der Waals surface area contributed by atoms with Crippen molar-refractivity contribution in [3.05, 3.63) is 23.8 Å². The Labute approximate surface area is 112 Å². The van der Waals surface area contributed by atoms with E-state index in [1.54, 1.807) is 18.9 Å². The third-order valence-corrected chi connectivity index (χ3v) is 4.56. The van der Waals surface area contributed by atoms with Crippen LogP contribution in [-0.4, -0.2) is 24.4 Å². The maximum atomic E-state index is 11.6. The quantitative estimate of drug-likeness (QED) is 0.849. The molecule has 0 atom stereocenters. The number of ether oxygens (including phenoxy) is 1. The molecule has 0 radical (unpaired) electrons. The van der Waals surface area contributed by atoms with Gasteiger partial charge in [-0.2, -0.15) is 0 Å². The van der Waals surface area contributed by atoms with E-state index in [4.69, 9.17) is 4.74 Å². The molecule has 18 heavy (non-hydrogen) atoms. The summed E-state index contributed by atoms with van der Waals surface area (Å²) in [5.74, 6) is 0.113. The second-order valence-electron chi connectivity index (χ2n) is 4.66. The van der Waals surface area contributed by atoms with Crippen molar-refractivity contribution in [1.29, 1.82) is 0 Å². The lowest BCUT2D eigenvalue weighted by atomic mass is 9.79. The van der Waals surface area contributed by atoms with Gasteiger partial charge in [-0.1, -0.05) is 18.9 Å². The molecule has 2 rings (SSSR count). The van der Waals surface area contributed by atoms with Crippen LogP contribution in [0.5, 0.6) is 5.75 Å². The van der Waals surface area contributed by atoms with Crippen LogP contribution < -0.4 is 4.74 Å². The van der Waals surface area contributed by atoms with Crippen LogP contribution >= 0.6 is 11.8 Å². The molecule has 1 fully saturated rings. The maximum absolute atomic E-state index is 11.6. The largest absolute Gasteiger partial charge is 0.496 e. The average Bonchev–Trinajstić information content (AvgIpc) is 2.88. The zero-order valence-corrected chi connectivity index (χ0v) is 11.5. The zero-order chi connectivity index (χ0) is 13.2. The number of hydrogen-bond donors (Lipinski definition) is 1. The molecular weight excluding hydrogens is 248 g/mol. The van der Waals surface area contributed by atoms with Crippen molar-refractivity contribution in [2.75, 3.05) is 13.4 Å². The second-order valence-corrected chi connectivity index (χ2v) is 5.51. The first kappa shape index (κ1) is 13.3. The Morgan fingerprint density at radius 1 is 1.39 bits per heavy atom. The second kappa shape index (κ2) is 5.22. The Kier molecular flexibility index (Phi) is 3.85. The number of aliphatic carboxylic acids is 1. The van der Waals surface area contributed by atoms with Crippen molar-refractivity contribution < 1.29 is 14.6 Å². The van der Waals surface area contributed by atoms with E-state index in [0.717, 1.165) is 41.9 Å². The Bertz CT molecular complexity index is 450. The molecule has 1 aromatic rings. The molecule has 4 heteroatoms. The topological polar surface area (TPSA) is 46.5 Å². The van der Waals surface area contributed by atoms with Gasteiger partial charge in [0.25, 0.3) is 0 Å². The molecule has 1 aromatic carbocycles. The summed E-state index contributed by atoms with van der Waals surface area (Å²) in [6.07, 6.45) is 5.44. The van der Waals surface area contributed by atoms with Crippen LogP contribution in [0.1, 0.15) is 31.2 Å². The predicted molar refractivity (Wildman–Crippen MR) is 72.6 cm³/mol. The molecule has 0 aromatic heterocycles. The molecule has 0 amide bonds. The third kappa shape index (κ3) is 2.09. The molecule has 1 N–H and O–H groups in total. The van der Waals surface area contributed by atoms with Crippen LogP contribution in [0, 0.1) is 0 Å². The smallest absolute Gasteiger partial charge is 0.314 e. The number of thioether (sulfide) groups is 1. The van der Waals surface area contributed by atoms with Crippen molar-refractivity contribution in [3.8, 4) is 5.75 Å². The normalized spacial score (nSPS) is 17.7. The average molecular weight is 266 g/mol. The molecule has 0 saturated heterocycles. The lowest BCUT2D eigenvalue weighted by molar-refractivity contribution is -0.143. The fourth-order valence-corrected chi connectivity index (χ4v) is 3.34. The molecule has 0 aliphatic heterocycles. The lowest BCUT2D eigenvalue weighted by Gasteiger charge is -2.25. The van der Waals surface area contributed by atoms with E-state index in [2.05, 4.69) is 0 Å². The fourth-order valence-electron chi connectivity index (χ4n) is 2.74. The molecule has 1 aliphatic carbocycles. The molecular formula is C14H18O3S. The highest BCUT2D eigenvalue weighted by Crippen LogP contribution is 2.43. The lowest BCUT2D eigenvalue weighted by Crippen LogP contribution is -2.32. The number of rotatable bonds is 4. The number of methoxy groups -OCH3 is 1. The van der Waals surface area contributed by atoms with Crippen LogP contribution in [0.2, 0.25) is 0 Å². The van der Waals surface area contributed by atoms with E-state index in [1.807, 2.05) is 24.5 Å². The van der Waals surface area contributed by atoms with Crippen LogP contribution in [0.4, 0.5) is 0 Å². The summed E-state index contributed by atoms with van der Waals surface area (Å²) < 4.78 is 5.28. The van der Waals surface area contributed by atoms with Crippen LogP contribution in [0.15, 0.2) is 23.1 Å². The van der Waals surface area contributed by atoms with Crippen molar-refractivity contribution in [2.45, 2.75) is 36.0 Å². The van der Waals surface area contributed by atoms with E-state index in [9.17, 15) is 9.90 Å². The Morgan fingerprint density at radius 2 is 2.06 bits per heavy atom. The SMILES string of the molecule is COc1ccc(C2(C(=O)O)CCCC2)cc1SC. The molecule has 0 heterocycles. The number of hydrogen-bond acceptors (Lipinski definition) is 3. The first-order valence-corrected chi connectivity index (χ1v) is 7.32. The van der Waals surface area contributed by atoms with Crippen molar-refractivity contribution in [1.82, 2.24) is 0 Å². The van der Waals surface area contributed by atoms with Gasteiger partial charge in [0.05, 0.1) is 12.5 Å². The van der Waals surface area contributed by atoms with Gasteiger partial charge in [-0.15, -0.1) is 11.8 Å². The summed E-state index contributed by atoms with van der Waals surface area (Å²) in [5.41, 5.74) is 0.231. The van der Waals surface area contributed by atoms with Gasteiger partial charge in [-0.25, -0.2) is 0 Å². The molecule has 3 nitrogen and oxygen atoms in total. The van der Waals surface area contributed by atoms with Crippen LogP contribution in [-0.2, 0) is 10.2 Å². The zero-order valence-electron chi connectivity index (χ0n) is 10.7. The monoisotopic (exact) mass is 266 g/mol. The van der Waals surface area contributed by atoms with Gasteiger partial charge in [-0.05, 0) is 36.8 Å². The number of carboxylic acid groups (broad SMARTS) is 1. The minimum absolute atomic E-state index is 0.684. The van der Waals surface area contributed by atoms with Crippen molar-refractivity contribution in [3.63, 3.8) is 0 Å². The summed E-state index contributed by atoms with van der Waals surface area (Å²) in [7, 11) is 1.64. The summed E-state index contributed by atoms with van der Waals surface area (Å²) in [6.45, 7) is 0. The maximum Gasteiger partial charge on any atom is 0.314 e. The van der Waals surface area contributed by atoms with Gasteiger partial charge in [-0.3, -0.25) is 4.79 Å². The Hall–Kier alpha value is -1.16. The molecule has 1 saturated carbocycles. The molecule has 0 bridgehead atoms. The van der Waals surface area contributed by atoms with Crippen LogP contribution in [0.25, 0.3) is 0 Å². The standard InChI is InChI=1S/C14H18O3S/c1-17-11-6-5-10(9-12(11)18-2)14(13(15)16)7-3-4-8-14/h5-6,9H,3-4,7-8H2,1-2H3,(H,15,16). The molecule has 1 aliphatic rings. The van der Waals surface area contributed by atoms with E-state index in [0.29, 0.717) is 0 Å². The number of carbonyl (C=O) groups is 1. The fraction of sp³-hybridized carbons (Fsp3) is 0.500. The predicted octanol–water partition coefficient (Wildman–Crippen LogP) is 3.31. The summed E-state index contributed by atoms with van der Waals surface area (Å²) in [5, 5.41) is 9.57. The first-order chi connectivity index (χ1) is 8.64. The van der Waals surface area contributed by atoms with E-state index in [1.165, 1.54) is 0 Å². The summed E-state index contributed by atoms with van der Waals surface area (Å²) in [6, 6.07) is 5.76. The number of carboxylic acids is 1. The number of benzene rings is 1. The minimum atomic E-state index is -0.697. The van der Waals surface area contributed by atoms with Gasteiger partial charge < -0.3 is 9.84 Å². The minimum Gasteiger partial charge on any atom is -0.496 e. The summed E-state index contributed by atoms with van der Waals surface area (Å²) >= 11 is 1.59. The van der Waals surface area contributed by atoms with Gasteiger partial charge in [0.1, 0.15) is 5.75 Å². The highest BCUT2D eigenvalue weighted by atomic mass is 32.2. The Balaban J connectivity index is 2.46. The summed E-state index contributed by atoms with van der Waals surface area (Å²) in [4.78, 5) is 12.6. The molecule has 0 spiro atoms. The van der Waals surface area contributed by atoms with Crippen LogP contribution in [0.3, 0.4) is 0 Å². The Morgan fingerprint density at radius 3 is 2.56 bits per heavy atom. The van der Waals surface area contributed by atoms with Gasteiger partial charge in [0, 0.05) is 4.90 Å². The molecule has 98 valence electrons. The van der Waals surface area contributed by atoms with E-state index in [-0.39, 0.29) is 0 Å². The van der Waals surface area contributed by atoms with E-state index >= 15 is 0 Å². The molecule has 0 unspecified atom stereocenters. The van der Waals surface area contributed by atoms with Crippen molar-refractivity contribution in [2.24, 2.45) is 0 Å². The van der Waals surface area contributed by atoms with Gasteiger partial charge >= 0.3 is 5.97 Å². The highest BCUT2D eigenvalue weighted by molar-refractivity contribution is 7.98. The van der Waals surface area contributed by atoms with E-state index < -0.39 is 11.4 Å².